The summed E-state index contributed by atoms with van der Waals surface area (Å²) in [6.45, 7) is 8.62. The van der Waals surface area contributed by atoms with Crippen LogP contribution in [0, 0.1) is 0 Å². The zero-order valence-electron chi connectivity index (χ0n) is 17.5. The quantitative estimate of drug-likeness (QED) is 0.599. The summed E-state index contributed by atoms with van der Waals surface area (Å²) in [4.78, 5) is 15.7. The average molecular weight is 390 g/mol. The molecule has 1 aromatic carbocycles. The molecule has 0 fully saturated rings. The number of methoxy groups -OCH3 is 3. The van der Waals surface area contributed by atoms with E-state index in [1.807, 2.05) is 0 Å². The van der Waals surface area contributed by atoms with E-state index in [9.17, 15) is 0 Å². The Morgan fingerprint density at radius 2 is 1.46 bits per heavy atom. The third kappa shape index (κ3) is 5.05. The molecule has 0 spiro atoms. The first-order chi connectivity index (χ1) is 13.6. The number of ether oxygens (including phenoxy) is 3. The zero-order chi connectivity index (χ0) is 20.5. The van der Waals surface area contributed by atoms with Crippen LogP contribution in [0.1, 0.15) is 27.2 Å². The van der Waals surface area contributed by atoms with Crippen molar-refractivity contribution in [3.05, 3.63) is 12.1 Å². The van der Waals surface area contributed by atoms with Crippen LogP contribution in [0.5, 0.6) is 17.2 Å². The summed E-state index contributed by atoms with van der Waals surface area (Å²) in [5.74, 6) is 3.21. The fraction of sp³-hybridized carbons (Fsp3) is 0.526. The van der Waals surface area contributed by atoms with E-state index in [1.165, 1.54) is 0 Å². The molecule has 2 rings (SSSR count). The maximum Gasteiger partial charge on any atom is 0.233 e. The summed E-state index contributed by atoms with van der Waals surface area (Å²) >= 11 is 0. The van der Waals surface area contributed by atoms with E-state index in [0.29, 0.717) is 40.8 Å². The zero-order valence-corrected chi connectivity index (χ0v) is 17.5. The predicted octanol–water partition coefficient (Wildman–Crippen LogP) is 3.31. The van der Waals surface area contributed by atoms with Crippen LogP contribution in [0.4, 0.5) is 23.5 Å². The Morgan fingerprint density at radius 3 is 1.96 bits per heavy atom. The van der Waals surface area contributed by atoms with Crippen molar-refractivity contribution < 1.29 is 14.2 Å². The molecule has 0 radical (unpaired) electrons. The molecule has 1 aromatic heterocycles. The summed E-state index contributed by atoms with van der Waals surface area (Å²) in [6, 6.07) is 3.61. The van der Waals surface area contributed by atoms with E-state index in [4.69, 9.17) is 14.2 Å². The van der Waals surface area contributed by atoms with Crippen molar-refractivity contribution >= 4 is 23.5 Å². The van der Waals surface area contributed by atoms with E-state index in [1.54, 1.807) is 33.5 Å². The number of anilines is 4. The maximum absolute atomic E-state index is 5.41. The Balaban J connectivity index is 2.42. The number of nitrogens with zero attached hydrogens (tertiary/aromatic N) is 4. The highest BCUT2D eigenvalue weighted by Gasteiger charge is 2.15. The van der Waals surface area contributed by atoms with Crippen molar-refractivity contribution in [2.45, 2.75) is 27.2 Å². The van der Waals surface area contributed by atoms with Crippen LogP contribution < -0.4 is 29.7 Å². The molecule has 0 bridgehead atoms. The van der Waals surface area contributed by atoms with Crippen molar-refractivity contribution in [2.24, 2.45) is 0 Å². The van der Waals surface area contributed by atoms with Crippen LogP contribution >= 0.6 is 0 Å². The van der Waals surface area contributed by atoms with Gasteiger partial charge in [-0.3, -0.25) is 0 Å². The molecule has 0 saturated heterocycles. The molecule has 9 nitrogen and oxygen atoms in total. The molecule has 0 aliphatic heterocycles. The number of hydrogen-bond acceptors (Lipinski definition) is 9. The van der Waals surface area contributed by atoms with Crippen LogP contribution in [0.3, 0.4) is 0 Å². The van der Waals surface area contributed by atoms with Gasteiger partial charge in [-0.25, -0.2) is 0 Å². The molecular weight excluding hydrogens is 360 g/mol. The molecule has 28 heavy (non-hydrogen) atoms. The molecule has 9 heteroatoms. The minimum atomic E-state index is 0.435. The Hall–Kier alpha value is -2.97. The molecule has 1 heterocycles. The highest BCUT2D eigenvalue weighted by molar-refractivity contribution is 5.66. The average Bonchev–Trinajstić information content (AvgIpc) is 2.72. The van der Waals surface area contributed by atoms with Crippen LogP contribution in [-0.2, 0) is 0 Å². The number of nitrogens with one attached hydrogen (secondary N) is 2. The molecule has 0 atom stereocenters. The molecule has 0 saturated carbocycles. The Kier molecular flexibility index (Phi) is 7.91. The first-order valence-corrected chi connectivity index (χ1v) is 9.41. The number of hydrogen-bond donors (Lipinski definition) is 2. The van der Waals surface area contributed by atoms with Crippen LogP contribution in [0.25, 0.3) is 0 Å². The van der Waals surface area contributed by atoms with Crippen molar-refractivity contribution in [1.29, 1.82) is 0 Å². The van der Waals surface area contributed by atoms with E-state index < -0.39 is 0 Å². The molecule has 0 aliphatic rings. The van der Waals surface area contributed by atoms with Crippen molar-refractivity contribution in [1.82, 2.24) is 15.0 Å². The van der Waals surface area contributed by atoms with E-state index in [2.05, 4.69) is 51.3 Å². The molecule has 2 N–H and O–H groups in total. The third-order valence-corrected chi connectivity index (χ3v) is 4.12. The summed E-state index contributed by atoms with van der Waals surface area (Å²) < 4.78 is 16.2. The first kappa shape index (κ1) is 21.3. The highest BCUT2D eigenvalue weighted by atomic mass is 16.5. The van der Waals surface area contributed by atoms with Crippen LogP contribution in [0.15, 0.2) is 12.1 Å². The van der Waals surface area contributed by atoms with Gasteiger partial charge in [-0.1, -0.05) is 6.92 Å². The topological polar surface area (TPSA) is 93.7 Å². The van der Waals surface area contributed by atoms with Gasteiger partial charge in [0.15, 0.2) is 11.5 Å². The molecule has 154 valence electrons. The van der Waals surface area contributed by atoms with Gasteiger partial charge in [0.25, 0.3) is 0 Å². The minimum Gasteiger partial charge on any atom is -0.493 e. The van der Waals surface area contributed by atoms with Gasteiger partial charge in [0.2, 0.25) is 23.6 Å². The van der Waals surface area contributed by atoms with Gasteiger partial charge in [-0.2, -0.15) is 15.0 Å². The predicted molar refractivity (Wildman–Crippen MR) is 112 cm³/mol. The van der Waals surface area contributed by atoms with Crippen LogP contribution in [-0.4, -0.2) is 55.9 Å². The number of benzene rings is 1. The van der Waals surface area contributed by atoms with Crippen LogP contribution in [0.2, 0.25) is 0 Å². The van der Waals surface area contributed by atoms with Gasteiger partial charge >= 0.3 is 0 Å². The number of rotatable bonds is 11. The lowest BCUT2D eigenvalue weighted by Crippen LogP contribution is -2.25. The normalized spacial score (nSPS) is 10.4. The molecule has 0 aliphatic carbocycles. The third-order valence-electron chi connectivity index (χ3n) is 4.12. The lowest BCUT2D eigenvalue weighted by Gasteiger charge is -2.20. The van der Waals surface area contributed by atoms with Crippen molar-refractivity contribution in [2.75, 3.05) is 56.5 Å². The largest absolute Gasteiger partial charge is 0.493 e. The van der Waals surface area contributed by atoms with Crippen molar-refractivity contribution in [3.8, 4) is 17.2 Å². The van der Waals surface area contributed by atoms with E-state index in [-0.39, 0.29) is 0 Å². The van der Waals surface area contributed by atoms with E-state index in [0.717, 1.165) is 26.1 Å². The second kappa shape index (κ2) is 10.4. The molecule has 0 unspecified atom stereocenters. The van der Waals surface area contributed by atoms with Gasteiger partial charge in [-0.05, 0) is 20.3 Å². The molecule has 0 amide bonds. The highest BCUT2D eigenvalue weighted by Crippen LogP contribution is 2.40. The van der Waals surface area contributed by atoms with Gasteiger partial charge in [0, 0.05) is 37.5 Å². The summed E-state index contributed by atoms with van der Waals surface area (Å²) in [5, 5.41) is 6.45. The first-order valence-electron chi connectivity index (χ1n) is 9.41. The molecule has 2 aromatic rings. The number of aromatic nitrogens is 3. The SMILES string of the molecule is CCCNc1nc(Nc2cc(OC)c(OC)c(OC)c2)nc(N(CC)CC)n1. The van der Waals surface area contributed by atoms with Gasteiger partial charge in [0.1, 0.15) is 0 Å². The Morgan fingerprint density at radius 1 is 0.857 bits per heavy atom. The summed E-state index contributed by atoms with van der Waals surface area (Å²) in [6.07, 6.45) is 0.974. The monoisotopic (exact) mass is 390 g/mol. The van der Waals surface area contributed by atoms with Gasteiger partial charge < -0.3 is 29.7 Å². The minimum absolute atomic E-state index is 0.435. The van der Waals surface area contributed by atoms with Crippen molar-refractivity contribution in [3.63, 3.8) is 0 Å². The Labute approximate surface area is 166 Å². The Bertz CT molecular complexity index is 742. The van der Waals surface area contributed by atoms with Gasteiger partial charge in [-0.15, -0.1) is 0 Å². The lowest BCUT2D eigenvalue weighted by atomic mass is 10.2. The fourth-order valence-electron chi connectivity index (χ4n) is 2.67. The molecular formula is C19H30N6O3. The maximum atomic E-state index is 5.41. The van der Waals surface area contributed by atoms with Gasteiger partial charge in [0.05, 0.1) is 21.3 Å². The lowest BCUT2D eigenvalue weighted by molar-refractivity contribution is 0.324. The fourth-order valence-corrected chi connectivity index (χ4v) is 2.67. The second-order valence-corrected chi connectivity index (χ2v) is 5.92. The smallest absolute Gasteiger partial charge is 0.233 e. The van der Waals surface area contributed by atoms with E-state index >= 15 is 0 Å². The summed E-state index contributed by atoms with van der Waals surface area (Å²) in [7, 11) is 4.73. The standard InChI is InChI=1S/C19H30N6O3/c1-7-10-20-17-22-18(24-19(23-17)25(8-2)9-3)21-13-11-14(26-4)16(28-6)15(12-13)27-5/h11-12H,7-10H2,1-6H3,(H2,20,21,22,23,24). The summed E-state index contributed by atoms with van der Waals surface area (Å²) in [5.41, 5.74) is 0.715. The second-order valence-electron chi connectivity index (χ2n) is 5.92.